The van der Waals surface area contributed by atoms with Gasteiger partial charge in [0.2, 0.25) is 5.84 Å². The maximum atomic E-state index is 6.08. The van der Waals surface area contributed by atoms with E-state index >= 15 is 0 Å². The molecule has 0 saturated carbocycles. The first-order chi connectivity index (χ1) is 12.2. The quantitative estimate of drug-likeness (QED) is 0.210. The fourth-order valence-electron chi connectivity index (χ4n) is 3.99. The SMILES string of the molecule is CCCCCCCCCCCCCCCCC1=[N+](C(C)N)CCN1C.[I-]. The highest BCUT2D eigenvalue weighted by Crippen LogP contribution is 2.14. The van der Waals surface area contributed by atoms with E-state index in [1.54, 1.807) is 0 Å². The molecule has 0 aromatic heterocycles. The molecule has 0 radical (unpaired) electrons. The zero-order valence-electron chi connectivity index (χ0n) is 17.9. The Morgan fingerprint density at radius 2 is 1.27 bits per heavy atom. The predicted octanol–water partition coefficient (Wildman–Crippen LogP) is 2.52. The molecule has 0 bridgehead atoms. The van der Waals surface area contributed by atoms with Gasteiger partial charge in [-0.05, 0) is 13.3 Å². The molecular weight excluding hydrogens is 433 g/mol. The molecule has 1 unspecified atom stereocenters. The molecule has 26 heavy (non-hydrogen) atoms. The summed E-state index contributed by atoms with van der Waals surface area (Å²) in [6.45, 7) is 6.63. The third-order valence-electron chi connectivity index (χ3n) is 5.69. The van der Waals surface area contributed by atoms with E-state index in [0.29, 0.717) is 0 Å². The van der Waals surface area contributed by atoms with Gasteiger partial charge in [-0.25, -0.2) is 4.58 Å². The Labute approximate surface area is 181 Å². The van der Waals surface area contributed by atoms with Gasteiger partial charge in [-0.15, -0.1) is 0 Å². The van der Waals surface area contributed by atoms with E-state index in [1.807, 2.05) is 0 Å². The Kier molecular flexibility index (Phi) is 17.4. The number of rotatable bonds is 16. The average Bonchev–Trinajstić information content (AvgIpc) is 2.96. The van der Waals surface area contributed by atoms with E-state index < -0.39 is 0 Å². The minimum absolute atomic E-state index is 0. The third kappa shape index (κ3) is 11.8. The smallest absolute Gasteiger partial charge is 0.248 e. The van der Waals surface area contributed by atoms with Crippen molar-refractivity contribution in [3.8, 4) is 0 Å². The Balaban J connectivity index is 0.00000625. The van der Waals surface area contributed by atoms with Gasteiger partial charge in [-0.3, -0.25) is 10.6 Å². The maximum absolute atomic E-state index is 6.08. The molecule has 0 amide bonds. The molecule has 0 aliphatic carbocycles. The van der Waals surface area contributed by atoms with Crippen LogP contribution in [0.5, 0.6) is 0 Å². The van der Waals surface area contributed by atoms with Crippen LogP contribution >= 0.6 is 0 Å². The monoisotopic (exact) mass is 479 g/mol. The number of hydrogen-bond donors (Lipinski definition) is 1. The topological polar surface area (TPSA) is 32.3 Å². The van der Waals surface area contributed by atoms with E-state index in [2.05, 4.69) is 30.4 Å². The summed E-state index contributed by atoms with van der Waals surface area (Å²) in [6, 6.07) is 0. The lowest BCUT2D eigenvalue weighted by Gasteiger charge is -2.10. The van der Waals surface area contributed by atoms with Crippen molar-refractivity contribution in [2.24, 2.45) is 5.73 Å². The second-order valence-electron chi connectivity index (χ2n) is 8.12. The highest BCUT2D eigenvalue weighted by molar-refractivity contribution is 5.78. The van der Waals surface area contributed by atoms with Crippen LogP contribution in [0.25, 0.3) is 0 Å². The van der Waals surface area contributed by atoms with Crippen LogP contribution in [0.2, 0.25) is 0 Å². The van der Waals surface area contributed by atoms with E-state index in [4.69, 9.17) is 5.73 Å². The summed E-state index contributed by atoms with van der Waals surface area (Å²) in [5.41, 5.74) is 6.08. The lowest BCUT2D eigenvalue weighted by atomic mass is 10.0. The van der Waals surface area contributed by atoms with Crippen LogP contribution in [-0.4, -0.2) is 41.6 Å². The molecule has 1 aliphatic rings. The molecule has 0 fully saturated rings. The normalized spacial score (nSPS) is 15.5. The van der Waals surface area contributed by atoms with E-state index in [-0.39, 0.29) is 30.1 Å². The van der Waals surface area contributed by atoms with Crippen molar-refractivity contribution in [1.29, 1.82) is 0 Å². The summed E-state index contributed by atoms with van der Waals surface area (Å²) in [7, 11) is 2.21. The number of nitrogens with two attached hydrogens (primary N) is 1. The fraction of sp³-hybridized carbons (Fsp3) is 0.955. The summed E-state index contributed by atoms with van der Waals surface area (Å²) >= 11 is 0. The summed E-state index contributed by atoms with van der Waals surface area (Å²) in [6.07, 6.45) is 21.3. The van der Waals surface area contributed by atoms with Crippen molar-refractivity contribution < 1.29 is 28.6 Å². The minimum atomic E-state index is 0. The van der Waals surface area contributed by atoms with Crippen molar-refractivity contribution in [3.63, 3.8) is 0 Å². The van der Waals surface area contributed by atoms with Crippen LogP contribution in [0.4, 0.5) is 0 Å². The lowest BCUT2D eigenvalue weighted by molar-refractivity contribution is -0.553. The highest BCUT2D eigenvalue weighted by Gasteiger charge is 2.27. The molecule has 1 atom stereocenters. The first-order valence-electron chi connectivity index (χ1n) is 11.3. The summed E-state index contributed by atoms with van der Waals surface area (Å²) in [4.78, 5) is 2.39. The number of halogens is 1. The molecular formula is C22H46IN3. The molecule has 0 spiro atoms. The van der Waals surface area contributed by atoms with Crippen LogP contribution in [-0.2, 0) is 0 Å². The molecule has 3 nitrogen and oxygen atoms in total. The molecule has 0 saturated heterocycles. The fourth-order valence-corrected chi connectivity index (χ4v) is 3.99. The van der Waals surface area contributed by atoms with E-state index in [9.17, 15) is 0 Å². The number of hydrogen-bond acceptors (Lipinski definition) is 2. The van der Waals surface area contributed by atoms with Gasteiger partial charge in [-0.2, -0.15) is 0 Å². The molecule has 1 heterocycles. The summed E-state index contributed by atoms with van der Waals surface area (Å²) in [5, 5.41) is 0. The van der Waals surface area contributed by atoms with Crippen molar-refractivity contribution in [2.75, 3.05) is 20.1 Å². The van der Waals surface area contributed by atoms with Gasteiger partial charge in [0.05, 0.1) is 7.05 Å². The second kappa shape index (κ2) is 17.3. The predicted molar refractivity (Wildman–Crippen MR) is 111 cm³/mol. The Hall–Kier alpha value is 0.160. The Morgan fingerprint density at radius 1 is 0.846 bits per heavy atom. The Morgan fingerprint density at radius 3 is 1.69 bits per heavy atom. The van der Waals surface area contributed by atoms with Gasteiger partial charge in [0.15, 0.2) is 0 Å². The highest BCUT2D eigenvalue weighted by atomic mass is 127. The van der Waals surface area contributed by atoms with Crippen LogP contribution < -0.4 is 29.7 Å². The van der Waals surface area contributed by atoms with Crippen molar-refractivity contribution in [2.45, 2.75) is 116 Å². The first-order valence-corrected chi connectivity index (χ1v) is 11.3. The number of likely N-dealkylation sites (N-methyl/N-ethyl adjacent to an activating group) is 1. The van der Waals surface area contributed by atoms with Gasteiger partial charge in [0, 0.05) is 6.42 Å². The van der Waals surface area contributed by atoms with Gasteiger partial charge in [-0.1, -0.05) is 90.4 Å². The van der Waals surface area contributed by atoms with Crippen molar-refractivity contribution >= 4 is 5.84 Å². The molecule has 2 N–H and O–H groups in total. The number of unbranched alkanes of at least 4 members (excludes halogenated alkanes) is 13. The van der Waals surface area contributed by atoms with E-state index in [1.165, 1.54) is 102 Å². The molecule has 156 valence electrons. The van der Waals surface area contributed by atoms with Gasteiger partial charge in [0.1, 0.15) is 19.3 Å². The minimum Gasteiger partial charge on any atom is -1.00 e. The number of amidine groups is 1. The zero-order chi connectivity index (χ0) is 18.3. The van der Waals surface area contributed by atoms with Crippen LogP contribution in [0.3, 0.4) is 0 Å². The maximum Gasteiger partial charge on any atom is 0.248 e. The molecule has 0 aromatic carbocycles. The van der Waals surface area contributed by atoms with E-state index in [0.717, 1.165) is 13.1 Å². The first kappa shape index (κ1) is 26.2. The zero-order valence-corrected chi connectivity index (χ0v) is 20.1. The second-order valence-corrected chi connectivity index (χ2v) is 8.12. The summed E-state index contributed by atoms with van der Waals surface area (Å²) in [5.74, 6) is 1.47. The largest absolute Gasteiger partial charge is 1.00 e. The van der Waals surface area contributed by atoms with Crippen LogP contribution in [0.1, 0.15) is 110 Å². The average molecular weight is 480 g/mol. The lowest BCUT2D eigenvalue weighted by Crippen LogP contribution is -3.00. The summed E-state index contributed by atoms with van der Waals surface area (Å²) < 4.78 is 2.38. The third-order valence-corrected chi connectivity index (χ3v) is 5.69. The van der Waals surface area contributed by atoms with Crippen LogP contribution in [0.15, 0.2) is 0 Å². The van der Waals surface area contributed by atoms with Crippen molar-refractivity contribution in [1.82, 2.24) is 4.90 Å². The Bertz CT molecular complexity index is 355. The molecule has 1 rings (SSSR count). The molecule has 0 aromatic rings. The number of nitrogens with zero attached hydrogens (tertiary/aromatic N) is 2. The van der Waals surface area contributed by atoms with Gasteiger partial charge >= 0.3 is 0 Å². The van der Waals surface area contributed by atoms with Crippen LogP contribution in [0, 0.1) is 0 Å². The molecule has 1 aliphatic heterocycles. The van der Waals surface area contributed by atoms with Gasteiger partial charge < -0.3 is 24.0 Å². The molecule has 4 heteroatoms. The standard InChI is InChI=1S/C22H46N3.HI/c1-4-5-6-7-8-9-10-11-12-13-14-15-16-17-18-22-24(3)19-20-25(22)21(2)23;/h21H,4-20,23H2,1-3H3;1H/q+1;/p-1. The van der Waals surface area contributed by atoms with Crippen molar-refractivity contribution in [3.05, 3.63) is 0 Å². The van der Waals surface area contributed by atoms with Gasteiger partial charge in [0.25, 0.3) is 0 Å².